The molecule has 0 aliphatic heterocycles. The van der Waals surface area contributed by atoms with Crippen molar-refractivity contribution in [3.63, 3.8) is 0 Å². The number of amides is 1. The van der Waals surface area contributed by atoms with Crippen LogP contribution in [0.2, 0.25) is 0 Å². The summed E-state index contributed by atoms with van der Waals surface area (Å²) in [7, 11) is 3.16. The number of ether oxygens (including phenoxy) is 2. The lowest BCUT2D eigenvalue weighted by Crippen LogP contribution is -2.17. The van der Waals surface area contributed by atoms with Gasteiger partial charge in [-0.25, -0.2) is 5.43 Å². The SMILES string of the molecule is COc1cc(C=NNC(=O)c2cccc(Br)c2)cc(I)c1OC. The van der Waals surface area contributed by atoms with Gasteiger partial charge in [-0.2, -0.15) is 5.10 Å². The Morgan fingerprint density at radius 3 is 2.70 bits per heavy atom. The summed E-state index contributed by atoms with van der Waals surface area (Å²) in [5.74, 6) is 1.00. The fourth-order valence-corrected chi connectivity index (χ4v) is 3.12. The van der Waals surface area contributed by atoms with Gasteiger partial charge in [0.05, 0.1) is 24.0 Å². The van der Waals surface area contributed by atoms with Gasteiger partial charge in [0.2, 0.25) is 0 Å². The molecule has 0 aliphatic rings. The zero-order chi connectivity index (χ0) is 16.8. The lowest BCUT2D eigenvalue weighted by molar-refractivity contribution is 0.0955. The van der Waals surface area contributed by atoms with Gasteiger partial charge in [0.25, 0.3) is 5.91 Å². The van der Waals surface area contributed by atoms with Crippen LogP contribution in [0, 0.1) is 3.57 Å². The fraction of sp³-hybridized carbons (Fsp3) is 0.125. The summed E-state index contributed by atoms with van der Waals surface area (Å²) in [6.45, 7) is 0. The minimum absolute atomic E-state index is 0.280. The molecule has 0 saturated carbocycles. The highest BCUT2D eigenvalue weighted by atomic mass is 127. The third-order valence-electron chi connectivity index (χ3n) is 2.92. The van der Waals surface area contributed by atoms with Gasteiger partial charge < -0.3 is 9.47 Å². The second-order valence-corrected chi connectivity index (χ2v) is 6.53. The lowest BCUT2D eigenvalue weighted by atomic mass is 10.2. The van der Waals surface area contributed by atoms with Gasteiger partial charge in [-0.05, 0) is 58.5 Å². The van der Waals surface area contributed by atoms with E-state index >= 15 is 0 Å². The van der Waals surface area contributed by atoms with Gasteiger partial charge in [-0.1, -0.05) is 22.0 Å². The summed E-state index contributed by atoms with van der Waals surface area (Å²) in [6.07, 6.45) is 1.56. The number of carbonyl (C=O) groups is 1. The first-order valence-electron chi connectivity index (χ1n) is 6.55. The molecule has 2 rings (SSSR count). The molecule has 0 saturated heterocycles. The Labute approximate surface area is 156 Å². The maximum atomic E-state index is 12.0. The number of hydrazone groups is 1. The second-order valence-electron chi connectivity index (χ2n) is 4.45. The standard InChI is InChI=1S/C16H14BrIN2O3/c1-22-14-7-10(6-13(18)15(14)23-2)9-19-20-16(21)11-4-3-5-12(17)8-11/h3-9H,1-2H3,(H,20,21). The van der Waals surface area contributed by atoms with Crippen molar-refractivity contribution < 1.29 is 14.3 Å². The molecule has 0 atom stereocenters. The topological polar surface area (TPSA) is 59.9 Å². The van der Waals surface area contributed by atoms with Crippen molar-refractivity contribution in [2.75, 3.05) is 14.2 Å². The molecular formula is C16H14BrIN2O3. The number of carbonyl (C=O) groups excluding carboxylic acids is 1. The van der Waals surface area contributed by atoms with E-state index in [1.54, 1.807) is 44.7 Å². The molecule has 0 aliphatic carbocycles. The second kappa shape index (κ2) is 8.30. The Bertz CT molecular complexity index is 750. The minimum Gasteiger partial charge on any atom is -0.493 e. The van der Waals surface area contributed by atoms with Gasteiger partial charge >= 0.3 is 0 Å². The number of hydrogen-bond donors (Lipinski definition) is 1. The average molecular weight is 489 g/mol. The monoisotopic (exact) mass is 488 g/mol. The molecule has 0 spiro atoms. The molecule has 2 aromatic rings. The van der Waals surface area contributed by atoms with E-state index in [0.717, 1.165) is 13.6 Å². The van der Waals surface area contributed by atoms with Crippen LogP contribution in [0.15, 0.2) is 46.0 Å². The number of nitrogens with zero attached hydrogens (tertiary/aromatic N) is 1. The molecule has 0 heterocycles. The van der Waals surface area contributed by atoms with Crippen LogP contribution in [0.25, 0.3) is 0 Å². The normalized spacial score (nSPS) is 10.6. The van der Waals surface area contributed by atoms with Gasteiger partial charge in [-0.15, -0.1) is 0 Å². The predicted octanol–water partition coefficient (Wildman–Crippen LogP) is 3.83. The van der Waals surface area contributed by atoms with Crippen LogP contribution in [-0.2, 0) is 0 Å². The van der Waals surface area contributed by atoms with Crippen molar-refractivity contribution in [2.45, 2.75) is 0 Å². The number of benzene rings is 2. The van der Waals surface area contributed by atoms with Crippen molar-refractivity contribution in [2.24, 2.45) is 5.10 Å². The Hall–Kier alpha value is -1.61. The third kappa shape index (κ3) is 4.68. The summed E-state index contributed by atoms with van der Waals surface area (Å²) >= 11 is 5.48. The van der Waals surface area contributed by atoms with E-state index in [2.05, 4.69) is 49.0 Å². The molecule has 1 N–H and O–H groups in total. The van der Waals surface area contributed by atoms with Crippen LogP contribution < -0.4 is 14.9 Å². The molecule has 0 radical (unpaired) electrons. The number of methoxy groups -OCH3 is 2. The van der Waals surface area contributed by atoms with Crippen molar-refractivity contribution in [3.05, 3.63) is 55.6 Å². The Morgan fingerprint density at radius 1 is 1.26 bits per heavy atom. The van der Waals surface area contributed by atoms with E-state index < -0.39 is 0 Å². The number of rotatable bonds is 5. The van der Waals surface area contributed by atoms with E-state index in [9.17, 15) is 4.79 Å². The summed E-state index contributed by atoms with van der Waals surface area (Å²) in [5.41, 5.74) is 3.81. The highest BCUT2D eigenvalue weighted by Gasteiger charge is 2.09. The first-order chi connectivity index (χ1) is 11.0. The number of halogens is 2. The highest BCUT2D eigenvalue weighted by Crippen LogP contribution is 2.32. The largest absolute Gasteiger partial charge is 0.493 e. The smallest absolute Gasteiger partial charge is 0.271 e. The minimum atomic E-state index is -0.280. The van der Waals surface area contributed by atoms with E-state index in [1.807, 2.05) is 12.1 Å². The van der Waals surface area contributed by atoms with Crippen molar-refractivity contribution in [3.8, 4) is 11.5 Å². The quantitative estimate of drug-likeness (QED) is 0.395. The van der Waals surface area contributed by atoms with Gasteiger partial charge in [0.15, 0.2) is 11.5 Å². The zero-order valence-electron chi connectivity index (χ0n) is 12.5. The summed E-state index contributed by atoms with van der Waals surface area (Å²) in [6, 6.07) is 10.8. The Kier molecular flexibility index (Phi) is 6.40. The summed E-state index contributed by atoms with van der Waals surface area (Å²) < 4.78 is 12.3. The predicted molar refractivity (Wildman–Crippen MR) is 101 cm³/mol. The van der Waals surface area contributed by atoms with Crippen LogP contribution >= 0.6 is 38.5 Å². The van der Waals surface area contributed by atoms with Gasteiger partial charge in [-0.3, -0.25) is 4.79 Å². The summed E-state index contributed by atoms with van der Waals surface area (Å²) in [5, 5.41) is 3.98. The van der Waals surface area contributed by atoms with Crippen LogP contribution in [-0.4, -0.2) is 26.3 Å². The molecule has 0 unspecified atom stereocenters. The Balaban J connectivity index is 2.11. The zero-order valence-corrected chi connectivity index (χ0v) is 16.2. The van der Waals surface area contributed by atoms with E-state index in [0.29, 0.717) is 17.1 Å². The Morgan fingerprint density at radius 2 is 2.04 bits per heavy atom. The van der Waals surface area contributed by atoms with Crippen molar-refractivity contribution in [1.82, 2.24) is 5.43 Å². The molecule has 23 heavy (non-hydrogen) atoms. The first kappa shape index (κ1) is 17.7. The molecule has 1 amide bonds. The fourth-order valence-electron chi connectivity index (χ4n) is 1.87. The first-order valence-corrected chi connectivity index (χ1v) is 8.43. The molecule has 7 heteroatoms. The van der Waals surface area contributed by atoms with Crippen LogP contribution in [0.1, 0.15) is 15.9 Å². The lowest BCUT2D eigenvalue weighted by Gasteiger charge is -2.10. The molecule has 0 aromatic heterocycles. The number of hydrogen-bond acceptors (Lipinski definition) is 4. The molecule has 2 aromatic carbocycles. The molecule has 120 valence electrons. The van der Waals surface area contributed by atoms with Gasteiger partial charge in [0, 0.05) is 10.0 Å². The van der Waals surface area contributed by atoms with Crippen LogP contribution in [0.3, 0.4) is 0 Å². The van der Waals surface area contributed by atoms with E-state index in [4.69, 9.17) is 9.47 Å². The molecule has 0 fully saturated rings. The molecular weight excluding hydrogens is 475 g/mol. The van der Waals surface area contributed by atoms with Crippen LogP contribution in [0.5, 0.6) is 11.5 Å². The van der Waals surface area contributed by atoms with Crippen molar-refractivity contribution >= 4 is 50.6 Å². The van der Waals surface area contributed by atoms with E-state index in [1.165, 1.54) is 0 Å². The maximum Gasteiger partial charge on any atom is 0.271 e. The van der Waals surface area contributed by atoms with Crippen LogP contribution in [0.4, 0.5) is 0 Å². The van der Waals surface area contributed by atoms with Gasteiger partial charge in [0.1, 0.15) is 0 Å². The summed E-state index contributed by atoms with van der Waals surface area (Å²) in [4.78, 5) is 12.0. The third-order valence-corrected chi connectivity index (χ3v) is 4.22. The number of nitrogens with one attached hydrogen (secondary N) is 1. The van der Waals surface area contributed by atoms with Crippen molar-refractivity contribution in [1.29, 1.82) is 0 Å². The maximum absolute atomic E-state index is 12.0. The molecule has 0 bridgehead atoms. The average Bonchev–Trinajstić information content (AvgIpc) is 2.54. The highest BCUT2D eigenvalue weighted by molar-refractivity contribution is 14.1. The van der Waals surface area contributed by atoms with E-state index in [-0.39, 0.29) is 5.91 Å². The molecule has 5 nitrogen and oxygen atoms in total.